The van der Waals surface area contributed by atoms with Gasteiger partial charge in [-0.3, -0.25) is 4.55 Å². The van der Waals surface area contributed by atoms with Crippen molar-refractivity contribution in [2.24, 2.45) is 0 Å². The molecule has 0 fully saturated rings. The number of fused-ring (bicyclic) bond motifs is 2. The Kier molecular flexibility index (Phi) is 2.37. The number of nitrogens with zero attached hydrogens (tertiary/aromatic N) is 1. The minimum atomic E-state index is -4.20. The average molecular weight is 281 g/mol. The van der Waals surface area contributed by atoms with Crippen molar-refractivity contribution in [3.05, 3.63) is 30.3 Å². The Morgan fingerprint density at radius 1 is 1.17 bits per heavy atom. The van der Waals surface area contributed by atoms with Crippen LogP contribution in [-0.2, 0) is 10.1 Å². The van der Waals surface area contributed by atoms with Gasteiger partial charge in [-0.25, -0.2) is 4.98 Å². The quantitative estimate of drug-likeness (QED) is 0.529. The molecule has 1 heterocycles. The van der Waals surface area contributed by atoms with Crippen LogP contribution in [0.3, 0.4) is 0 Å². The zero-order valence-electron chi connectivity index (χ0n) is 8.86. The van der Waals surface area contributed by atoms with E-state index in [0.717, 1.165) is 5.39 Å². The normalized spacial score (nSPS) is 12.3. The van der Waals surface area contributed by atoms with Gasteiger partial charge in [0.1, 0.15) is 5.52 Å². The van der Waals surface area contributed by atoms with Gasteiger partial charge in [-0.1, -0.05) is 18.7 Å². The standard InChI is InChI=1S/C11H7NO4S2/c13-18(14,15)8-2-1-6-4-9-10(5-7(6)3-8)16-11(17)12-9/h1-5H,(H,12,17)(H,13,14,15). The van der Waals surface area contributed by atoms with Crippen LogP contribution in [0.1, 0.15) is 0 Å². The number of oxazole rings is 1. The van der Waals surface area contributed by atoms with Crippen LogP contribution in [0.25, 0.3) is 21.9 Å². The molecule has 1 aromatic heterocycles. The fourth-order valence-electron chi connectivity index (χ4n) is 1.80. The molecule has 5 nitrogen and oxygen atoms in total. The van der Waals surface area contributed by atoms with E-state index in [0.29, 0.717) is 16.5 Å². The average Bonchev–Trinajstić information content (AvgIpc) is 2.62. The highest BCUT2D eigenvalue weighted by molar-refractivity contribution is 7.85. The number of hydrogen-bond donors (Lipinski definition) is 2. The van der Waals surface area contributed by atoms with E-state index in [1.165, 1.54) is 12.1 Å². The lowest BCUT2D eigenvalue weighted by atomic mass is 10.1. The number of aromatic nitrogens is 1. The van der Waals surface area contributed by atoms with Crippen LogP contribution < -0.4 is 0 Å². The number of thiol groups is 1. The molecule has 2 aromatic carbocycles. The molecule has 0 aliphatic heterocycles. The maximum Gasteiger partial charge on any atom is 0.294 e. The molecular weight excluding hydrogens is 274 g/mol. The minimum absolute atomic E-state index is 0.153. The minimum Gasteiger partial charge on any atom is -0.432 e. The molecule has 0 unspecified atom stereocenters. The summed E-state index contributed by atoms with van der Waals surface area (Å²) >= 11 is 4.00. The molecule has 0 amide bonds. The van der Waals surface area contributed by atoms with Crippen LogP contribution in [0.4, 0.5) is 0 Å². The van der Waals surface area contributed by atoms with Crippen LogP contribution >= 0.6 is 12.6 Å². The zero-order valence-corrected chi connectivity index (χ0v) is 10.6. The second kappa shape index (κ2) is 3.71. The van der Waals surface area contributed by atoms with Gasteiger partial charge in [-0.2, -0.15) is 8.42 Å². The third-order valence-corrected chi connectivity index (χ3v) is 3.65. The number of hydrogen-bond acceptors (Lipinski definition) is 5. The third-order valence-electron chi connectivity index (χ3n) is 2.60. The molecule has 1 N–H and O–H groups in total. The molecule has 0 spiro atoms. The smallest absolute Gasteiger partial charge is 0.294 e. The zero-order chi connectivity index (χ0) is 12.9. The SMILES string of the molecule is O=S(=O)(O)c1ccc2cc3nc(S)oc3cc2c1. The maximum atomic E-state index is 11.1. The topological polar surface area (TPSA) is 80.4 Å². The first-order chi connectivity index (χ1) is 8.43. The first-order valence-electron chi connectivity index (χ1n) is 4.94. The van der Waals surface area contributed by atoms with Crippen LogP contribution in [0.5, 0.6) is 0 Å². The lowest BCUT2D eigenvalue weighted by Crippen LogP contribution is -1.97. The summed E-state index contributed by atoms with van der Waals surface area (Å²) in [5, 5.41) is 1.69. The van der Waals surface area contributed by atoms with Gasteiger partial charge >= 0.3 is 0 Å². The van der Waals surface area contributed by atoms with E-state index in [1.54, 1.807) is 18.2 Å². The molecule has 0 bridgehead atoms. The van der Waals surface area contributed by atoms with E-state index in [2.05, 4.69) is 17.6 Å². The molecule has 0 saturated carbocycles. The molecule has 18 heavy (non-hydrogen) atoms. The summed E-state index contributed by atoms with van der Waals surface area (Å²) in [6.07, 6.45) is 0. The van der Waals surface area contributed by atoms with Gasteiger partial charge in [0, 0.05) is 0 Å². The highest BCUT2D eigenvalue weighted by atomic mass is 32.2. The fourth-order valence-corrected chi connectivity index (χ4v) is 2.52. The predicted molar refractivity (Wildman–Crippen MR) is 68.6 cm³/mol. The summed E-state index contributed by atoms with van der Waals surface area (Å²) in [5.74, 6) is 0. The van der Waals surface area contributed by atoms with E-state index in [1.807, 2.05) is 0 Å². The molecule has 0 atom stereocenters. The summed E-state index contributed by atoms with van der Waals surface area (Å²) in [6, 6.07) is 7.74. The van der Waals surface area contributed by atoms with Crippen molar-refractivity contribution in [2.45, 2.75) is 10.1 Å². The second-order valence-corrected chi connectivity index (χ2v) is 5.60. The Bertz CT molecular complexity index is 867. The van der Waals surface area contributed by atoms with Gasteiger partial charge in [0.25, 0.3) is 15.3 Å². The first-order valence-corrected chi connectivity index (χ1v) is 6.83. The highest BCUT2D eigenvalue weighted by Gasteiger charge is 2.11. The number of benzene rings is 2. The maximum absolute atomic E-state index is 11.1. The summed E-state index contributed by atoms with van der Waals surface area (Å²) in [5.41, 5.74) is 1.16. The molecular formula is C11H7NO4S2. The van der Waals surface area contributed by atoms with Crippen LogP contribution in [0.15, 0.2) is 44.9 Å². The molecule has 0 radical (unpaired) electrons. The van der Waals surface area contributed by atoms with E-state index in [9.17, 15) is 8.42 Å². The van der Waals surface area contributed by atoms with Crippen molar-refractivity contribution in [3.8, 4) is 0 Å². The molecule has 7 heteroatoms. The van der Waals surface area contributed by atoms with E-state index in [4.69, 9.17) is 8.97 Å². The van der Waals surface area contributed by atoms with E-state index < -0.39 is 10.1 Å². The van der Waals surface area contributed by atoms with Gasteiger partial charge in [0.05, 0.1) is 4.90 Å². The Morgan fingerprint density at radius 2 is 1.94 bits per heavy atom. The first kappa shape index (κ1) is 11.5. The summed E-state index contributed by atoms with van der Waals surface area (Å²) in [7, 11) is -4.20. The third kappa shape index (κ3) is 1.86. The largest absolute Gasteiger partial charge is 0.432 e. The monoisotopic (exact) mass is 281 g/mol. The van der Waals surface area contributed by atoms with Crippen LogP contribution in [0.2, 0.25) is 0 Å². The lowest BCUT2D eigenvalue weighted by Gasteiger charge is -2.00. The summed E-state index contributed by atoms with van der Waals surface area (Å²) in [6.45, 7) is 0. The van der Waals surface area contributed by atoms with Crippen molar-refractivity contribution >= 4 is 44.6 Å². The van der Waals surface area contributed by atoms with Crippen molar-refractivity contribution in [1.82, 2.24) is 4.98 Å². The summed E-state index contributed by atoms with van der Waals surface area (Å²) in [4.78, 5) is 3.91. The van der Waals surface area contributed by atoms with Crippen molar-refractivity contribution in [1.29, 1.82) is 0 Å². The van der Waals surface area contributed by atoms with Gasteiger partial charge < -0.3 is 4.42 Å². The number of rotatable bonds is 1. The van der Waals surface area contributed by atoms with Crippen LogP contribution in [-0.4, -0.2) is 18.0 Å². The lowest BCUT2D eigenvalue weighted by molar-refractivity contribution is 0.483. The van der Waals surface area contributed by atoms with Crippen molar-refractivity contribution < 1.29 is 17.4 Å². The molecule has 3 rings (SSSR count). The van der Waals surface area contributed by atoms with Crippen molar-refractivity contribution in [2.75, 3.05) is 0 Å². The molecule has 0 aliphatic rings. The molecule has 3 aromatic rings. The van der Waals surface area contributed by atoms with Gasteiger partial charge in [-0.15, -0.1) is 0 Å². The van der Waals surface area contributed by atoms with E-state index in [-0.39, 0.29) is 10.1 Å². The molecule has 0 aliphatic carbocycles. The Labute approximate surface area is 108 Å². The predicted octanol–water partition coefficient (Wildman–Crippen LogP) is 2.52. The Hall–Kier alpha value is -1.57. The van der Waals surface area contributed by atoms with E-state index >= 15 is 0 Å². The van der Waals surface area contributed by atoms with Crippen LogP contribution in [0, 0.1) is 0 Å². The summed E-state index contributed by atoms with van der Waals surface area (Å²) < 4.78 is 36.3. The van der Waals surface area contributed by atoms with Gasteiger partial charge in [0.2, 0.25) is 0 Å². The van der Waals surface area contributed by atoms with Gasteiger partial charge in [-0.05, 0) is 35.0 Å². The second-order valence-electron chi connectivity index (χ2n) is 3.80. The molecule has 0 saturated heterocycles. The Morgan fingerprint density at radius 3 is 2.67 bits per heavy atom. The fraction of sp³-hybridized carbons (Fsp3) is 0. The Balaban J connectivity index is 2.37. The highest BCUT2D eigenvalue weighted by Crippen LogP contribution is 2.26. The molecule has 92 valence electrons. The van der Waals surface area contributed by atoms with Gasteiger partial charge in [0.15, 0.2) is 5.58 Å². The van der Waals surface area contributed by atoms with Crippen molar-refractivity contribution in [3.63, 3.8) is 0 Å².